The third-order valence-electron chi connectivity index (χ3n) is 4.01. The van der Waals surface area contributed by atoms with Gasteiger partial charge in [-0.1, -0.05) is 0 Å². The molecule has 0 saturated carbocycles. The normalized spacial score (nSPS) is 20.4. The van der Waals surface area contributed by atoms with E-state index in [0.29, 0.717) is 31.9 Å². The quantitative estimate of drug-likeness (QED) is 0.805. The maximum atomic E-state index is 12.5. The van der Waals surface area contributed by atoms with Crippen LogP contribution < -0.4 is 0 Å². The molecule has 126 valence electrons. The second-order valence-electron chi connectivity index (χ2n) is 5.45. The maximum Gasteiger partial charge on any atom is 0.253 e. The van der Waals surface area contributed by atoms with Crippen LogP contribution in [-0.4, -0.2) is 74.4 Å². The Balaban J connectivity index is 1.74. The fraction of sp³-hybridized carbons (Fsp3) is 0.533. The average Bonchev–Trinajstić information content (AvgIpc) is 2.63. The summed E-state index contributed by atoms with van der Waals surface area (Å²) in [4.78, 5) is 14.5. The smallest absolute Gasteiger partial charge is 0.253 e. The van der Waals surface area contributed by atoms with Crippen LogP contribution in [0.5, 0.6) is 0 Å². The van der Waals surface area contributed by atoms with Gasteiger partial charge in [0.05, 0.1) is 18.1 Å². The SMILES string of the molecule is O=C(c1ccc(S(=O)(=O)N2CCOCC2)cc1)N1CCSCC1. The number of sulfonamides is 1. The Morgan fingerprint density at radius 3 is 2.22 bits per heavy atom. The number of carbonyl (C=O) groups is 1. The molecule has 2 heterocycles. The minimum absolute atomic E-state index is 0.0272. The van der Waals surface area contributed by atoms with Crippen molar-refractivity contribution in [2.45, 2.75) is 4.90 Å². The molecule has 6 nitrogen and oxygen atoms in total. The van der Waals surface area contributed by atoms with E-state index in [0.717, 1.165) is 24.6 Å². The summed E-state index contributed by atoms with van der Waals surface area (Å²) in [5.41, 5.74) is 0.540. The zero-order valence-corrected chi connectivity index (χ0v) is 14.4. The molecule has 2 aliphatic rings. The Labute approximate surface area is 140 Å². The zero-order valence-electron chi connectivity index (χ0n) is 12.8. The standard InChI is InChI=1S/C15H20N2O4S2/c18-15(16-7-11-22-12-8-16)13-1-3-14(4-2-13)23(19,20)17-5-9-21-10-6-17/h1-4H,5-12H2. The van der Waals surface area contributed by atoms with Gasteiger partial charge in [-0.05, 0) is 24.3 Å². The van der Waals surface area contributed by atoms with Gasteiger partial charge in [-0.3, -0.25) is 4.79 Å². The highest BCUT2D eigenvalue weighted by Gasteiger charge is 2.26. The van der Waals surface area contributed by atoms with Crippen LogP contribution in [0, 0.1) is 0 Å². The predicted molar refractivity (Wildman–Crippen MR) is 89.2 cm³/mol. The van der Waals surface area contributed by atoms with Crippen LogP contribution in [0.15, 0.2) is 29.2 Å². The number of carbonyl (C=O) groups excluding carboxylic acids is 1. The highest BCUT2D eigenvalue weighted by atomic mass is 32.2. The fourth-order valence-electron chi connectivity index (χ4n) is 2.65. The van der Waals surface area contributed by atoms with Crippen molar-refractivity contribution in [1.82, 2.24) is 9.21 Å². The van der Waals surface area contributed by atoms with Crippen molar-refractivity contribution in [1.29, 1.82) is 0 Å². The van der Waals surface area contributed by atoms with Crippen LogP contribution in [0.2, 0.25) is 0 Å². The van der Waals surface area contributed by atoms with Gasteiger partial charge in [-0.2, -0.15) is 16.1 Å². The Bertz CT molecular complexity index is 649. The summed E-state index contributed by atoms with van der Waals surface area (Å²) in [6, 6.07) is 6.27. The molecule has 2 saturated heterocycles. The zero-order chi connectivity index (χ0) is 16.3. The third kappa shape index (κ3) is 3.71. The van der Waals surface area contributed by atoms with Crippen LogP contribution in [0.25, 0.3) is 0 Å². The van der Waals surface area contributed by atoms with Gasteiger partial charge >= 0.3 is 0 Å². The summed E-state index contributed by atoms with van der Waals surface area (Å²) >= 11 is 1.84. The maximum absolute atomic E-state index is 12.5. The topological polar surface area (TPSA) is 66.9 Å². The molecule has 0 spiro atoms. The van der Waals surface area contributed by atoms with E-state index in [-0.39, 0.29) is 10.8 Å². The lowest BCUT2D eigenvalue weighted by molar-refractivity contribution is 0.0730. The molecular weight excluding hydrogens is 336 g/mol. The molecule has 0 radical (unpaired) electrons. The Morgan fingerprint density at radius 1 is 1.00 bits per heavy atom. The second-order valence-corrected chi connectivity index (χ2v) is 8.61. The number of amides is 1. The molecule has 8 heteroatoms. The number of rotatable bonds is 3. The molecule has 3 rings (SSSR count). The van der Waals surface area contributed by atoms with E-state index < -0.39 is 10.0 Å². The predicted octanol–water partition coefficient (Wildman–Crippen LogP) is 0.896. The molecule has 2 fully saturated rings. The molecule has 0 aromatic heterocycles. The van der Waals surface area contributed by atoms with Gasteiger partial charge in [0.1, 0.15) is 0 Å². The van der Waals surface area contributed by atoms with Crippen LogP contribution in [0.3, 0.4) is 0 Å². The summed E-state index contributed by atoms with van der Waals surface area (Å²) in [6.45, 7) is 3.07. The van der Waals surface area contributed by atoms with Crippen molar-refractivity contribution in [3.8, 4) is 0 Å². The molecular formula is C15H20N2O4S2. The lowest BCUT2D eigenvalue weighted by Crippen LogP contribution is -2.40. The first-order valence-electron chi connectivity index (χ1n) is 7.64. The minimum Gasteiger partial charge on any atom is -0.379 e. The Hall–Kier alpha value is -1.09. The molecule has 0 unspecified atom stereocenters. The molecule has 0 N–H and O–H groups in total. The summed E-state index contributed by atoms with van der Waals surface area (Å²) in [5.74, 6) is 1.88. The summed E-state index contributed by atoms with van der Waals surface area (Å²) in [6.07, 6.45) is 0. The Kier molecular flexibility index (Phi) is 5.25. The average molecular weight is 356 g/mol. The van der Waals surface area contributed by atoms with Gasteiger partial charge in [-0.25, -0.2) is 8.42 Å². The molecule has 1 aromatic carbocycles. The Morgan fingerprint density at radius 2 is 1.61 bits per heavy atom. The van der Waals surface area contributed by atoms with E-state index in [2.05, 4.69) is 0 Å². The molecule has 2 aliphatic heterocycles. The lowest BCUT2D eigenvalue weighted by atomic mass is 10.2. The van der Waals surface area contributed by atoms with E-state index in [9.17, 15) is 13.2 Å². The van der Waals surface area contributed by atoms with E-state index in [4.69, 9.17) is 4.74 Å². The summed E-state index contributed by atoms with van der Waals surface area (Å²) in [5, 5.41) is 0. The van der Waals surface area contributed by atoms with E-state index in [1.54, 1.807) is 12.1 Å². The van der Waals surface area contributed by atoms with Gasteiger partial charge in [0.15, 0.2) is 0 Å². The van der Waals surface area contributed by atoms with Gasteiger partial charge in [0.25, 0.3) is 5.91 Å². The first-order chi connectivity index (χ1) is 11.1. The minimum atomic E-state index is -3.50. The molecule has 0 bridgehead atoms. The van der Waals surface area contributed by atoms with Crippen molar-refractivity contribution in [2.75, 3.05) is 50.9 Å². The molecule has 0 atom stereocenters. The number of morpholine rings is 1. The van der Waals surface area contributed by atoms with Gasteiger partial charge in [0, 0.05) is 43.2 Å². The van der Waals surface area contributed by atoms with Gasteiger partial charge in [0.2, 0.25) is 10.0 Å². The highest BCUT2D eigenvalue weighted by Crippen LogP contribution is 2.19. The van der Waals surface area contributed by atoms with Crippen molar-refractivity contribution in [2.24, 2.45) is 0 Å². The number of hydrogen-bond donors (Lipinski definition) is 0. The van der Waals surface area contributed by atoms with E-state index >= 15 is 0 Å². The largest absolute Gasteiger partial charge is 0.379 e. The van der Waals surface area contributed by atoms with Crippen LogP contribution in [0.1, 0.15) is 10.4 Å². The first-order valence-corrected chi connectivity index (χ1v) is 10.2. The third-order valence-corrected chi connectivity index (χ3v) is 6.86. The van der Waals surface area contributed by atoms with Crippen molar-refractivity contribution in [3.63, 3.8) is 0 Å². The second kappa shape index (κ2) is 7.21. The fourth-order valence-corrected chi connectivity index (χ4v) is 4.97. The van der Waals surface area contributed by atoms with Crippen molar-refractivity contribution in [3.05, 3.63) is 29.8 Å². The first kappa shape index (κ1) is 16.8. The summed E-state index contributed by atoms with van der Waals surface area (Å²) < 4.78 is 31.7. The van der Waals surface area contributed by atoms with Crippen LogP contribution in [-0.2, 0) is 14.8 Å². The van der Waals surface area contributed by atoms with Gasteiger partial charge < -0.3 is 9.64 Å². The number of benzene rings is 1. The molecule has 1 aromatic rings. The molecule has 0 aliphatic carbocycles. The van der Waals surface area contributed by atoms with E-state index in [1.165, 1.54) is 16.4 Å². The summed E-state index contributed by atoms with van der Waals surface area (Å²) in [7, 11) is -3.50. The van der Waals surface area contributed by atoms with Crippen molar-refractivity contribution < 1.29 is 17.9 Å². The monoisotopic (exact) mass is 356 g/mol. The van der Waals surface area contributed by atoms with Crippen LogP contribution in [0.4, 0.5) is 0 Å². The lowest BCUT2D eigenvalue weighted by Gasteiger charge is -2.27. The number of thioether (sulfide) groups is 1. The number of nitrogens with zero attached hydrogens (tertiary/aromatic N) is 2. The number of ether oxygens (including phenoxy) is 1. The highest BCUT2D eigenvalue weighted by molar-refractivity contribution is 7.99. The number of hydrogen-bond acceptors (Lipinski definition) is 5. The van der Waals surface area contributed by atoms with Gasteiger partial charge in [-0.15, -0.1) is 0 Å². The van der Waals surface area contributed by atoms with Crippen molar-refractivity contribution >= 4 is 27.7 Å². The molecule has 23 heavy (non-hydrogen) atoms. The molecule has 1 amide bonds. The van der Waals surface area contributed by atoms with E-state index in [1.807, 2.05) is 16.7 Å². The van der Waals surface area contributed by atoms with Crippen LogP contribution >= 0.6 is 11.8 Å².